The van der Waals surface area contributed by atoms with Crippen LogP contribution in [0.15, 0.2) is 29.2 Å². The van der Waals surface area contributed by atoms with Gasteiger partial charge in [-0.2, -0.15) is 0 Å². The monoisotopic (exact) mass is 290 g/mol. The topological polar surface area (TPSA) is 23.6 Å². The van der Waals surface area contributed by atoms with Crippen LogP contribution in [-0.2, 0) is 4.79 Å². The molecule has 2 aliphatic rings. The number of benzene rings is 1. The minimum absolute atomic E-state index is 0.266. The molecular weight excluding hydrogens is 268 g/mol. The van der Waals surface area contributed by atoms with E-state index in [4.69, 9.17) is 0 Å². The van der Waals surface area contributed by atoms with Gasteiger partial charge in [0, 0.05) is 11.4 Å². The molecule has 1 amide bonds. The van der Waals surface area contributed by atoms with Gasteiger partial charge < -0.3 is 4.90 Å². The highest BCUT2D eigenvalue weighted by molar-refractivity contribution is 7.99. The fourth-order valence-corrected chi connectivity index (χ4v) is 3.97. The van der Waals surface area contributed by atoms with Gasteiger partial charge in [0.2, 0.25) is 5.91 Å². The van der Waals surface area contributed by atoms with Gasteiger partial charge in [0.05, 0.1) is 12.2 Å². The average Bonchev–Trinajstić information content (AvgIpc) is 2.70. The van der Waals surface area contributed by atoms with Crippen LogP contribution in [0.3, 0.4) is 0 Å². The predicted octanol–water partition coefficient (Wildman–Crippen LogP) is 3.00. The molecule has 4 heteroatoms. The molecule has 0 bridgehead atoms. The predicted molar refractivity (Wildman–Crippen MR) is 84.4 cm³/mol. The smallest absolute Gasteiger partial charge is 0.241 e. The third-order valence-electron chi connectivity index (χ3n) is 4.05. The number of likely N-dealkylation sites (tertiary alicyclic amines) is 1. The van der Waals surface area contributed by atoms with Crippen LogP contribution in [0, 0.1) is 0 Å². The fraction of sp³-hybridized carbons (Fsp3) is 0.562. The molecule has 3 rings (SSSR count). The van der Waals surface area contributed by atoms with E-state index in [1.54, 1.807) is 0 Å². The summed E-state index contributed by atoms with van der Waals surface area (Å²) >= 11 is 1.87. The number of nitrogens with zero attached hydrogens (tertiary/aromatic N) is 2. The van der Waals surface area contributed by atoms with E-state index in [2.05, 4.69) is 23.1 Å². The first-order chi connectivity index (χ1) is 9.84. The Bertz CT molecular complexity index is 471. The maximum atomic E-state index is 12.7. The first-order valence-electron chi connectivity index (χ1n) is 7.59. The van der Waals surface area contributed by atoms with Gasteiger partial charge in [0.25, 0.3) is 0 Å². The number of amides is 1. The van der Waals surface area contributed by atoms with Crippen LogP contribution in [0.25, 0.3) is 0 Å². The van der Waals surface area contributed by atoms with Gasteiger partial charge in [0.1, 0.15) is 0 Å². The number of hydrogen-bond acceptors (Lipinski definition) is 3. The maximum absolute atomic E-state index is 12.7. The van der Waals surface area contributed by atoms with Crippen molar-refractivity contribution in [2.24, 2.45) is 0 Å². The number of carbonyl (C=O) groups excluding carboxylic acids is 1. The summed E-state index contributed by atoms with van der Waals surface area (Å²) in [6.07, 6.45) is 4.86. The zero-order valence-electron chi connectivity index (χ0n) is 11.9. The van der Waals surface area contributed by atoms with Gasteiger partial charge in [-0.25, -0.2) is 0 Å². The highest BCUT2D eigenvalue weighted by atomic mass is 32.2. The van der Waals surface area contributed by atoms with Crippen LogP contribution in [0.2, 0.25) is 0 Å². The summed E-state index contributed by atoms with van der Waals surface area (Å²) in [7, 11) is 0. The highest BCUT2D eigenvalue weighted by Crippen LogP contribution is 2.33. The van der Waals surface area contributed by atoms with Gasteiger partial charge in [-0.05, 0) is 50.2 Å². The molecule has 0 radical (unpaired) electrons. The minimum Gasteiger partial charge on any atom is -0.310 e. The van der Waals surface area contributed by atoms with Crippen molar-refractivity contribution < 1.29 is 4.79 Å². The number of para-hydroxylation sites is 1. The number of carbonyl (C=O) groups is 1. The second-order valence-electron chi connectivity index (χ2n) is 5.55. The van der Waals surface area contributed by atoms with E-state index in [0.717, 1.165) is 37.5 Å². The van der Waals surface area contributed by atoms with Gasteiger partial charge >= 0.3 is 0 Å². The van der Waals surface area contributed by atoms with E-state index in [1.165, 1.54) is 24.2 Å². The lowest BCUT2D eigenvalue weighted by atomic mass is 10.1. The van der Waals surface area contributed by atoms with E-state index in [1.807, 2.05) is 22.7 Å². The van der Waals surface area contributed by atoms with Crippen molar-refractivity contribution in [3.05, 3.63) is 24.3 Å². The average molecular weight is 290 g/mol. The van der Waals surface area contributed by atoms with Crippen molar-refractivity contribution in [2.75, 3.05) is 36.8 Å². The van der Waals surface area contributed by atoms with Crippen molar-refractivity contribution >= 4 is 23.4 Å². The van der Waals surface area contributed by atoms with Crippen LogP contribution >= 0.6 is 11.8 Å². The molecule has 108 valence electrons. The van der Waals surface area contributed by atoms with Crippen molar-refractivity contribution in [3.63, 3.8) is 0 Å². The summed E-state index contributed by atoms with van der Waals surface area (Å²) in [6, 6.07) is 8.31. The SMILES string of the molecule is O=C(CN1CCCCC1)N1CCCSc2ccccc21. The van der Waals surface area contributed by atoms with E-state index in [0.29, 0.717) is 6.54 Å². The molecule has 0 atom stereocenters. The number of hydrogen-bond donors (Lipinski definition) is 0. The molecule has 1 aromatic carbocycles. The Kier molecular flexibility index (Phi) is 4.63. The van der Waals surface area contributed by atoms with Gasteiger partial charge in [0.15, 0.2) is 0 Å². The quantitative estimate of drug-likeness (QED) is 0.836. The summed E-state index contributed by atoms with van der Waals surface area (Å²) in [4.78, 5) is 18.2. The molecule has 0 unspecified atom stereocenters. The summed E-state index contributed by atoms with van der Waals surface area (Å²) < 4.78 is 0. The van der Waals surface area contributed by atoms with Crippen LogP contribution in [0.1, 0.15) is 25.7 Å². The Labute approximate surface area is 125 Å². The lowest BCUT2D eigenvalue weighted by Gasteiger charge is -2.29. The first-order valence-corrected chi connectivity index (χ1v) is 8.58. The summed E-state index contributed by atoms with van der Waals surface area (Å²) in [6.45, 7) is 3.60. The Balaban J connectivity index is 1.73. The van der Waals surface area contributed by atoms with Gasteiger partial charge in [-0.1, -0.05) is 18.6 Å². The molecule has 1 saturated heterocycles. The fourth-order valence-electron chi connectivity index (χ4n) is 2.98. The normalized spacial score (nSPS) is 20.3. The van der Waals surface area contributed by atoms with E-state index >= 15 is 0 Å². The molecular formula is C16H22N2OS. The molecule has 3 nitrogen and oxygen atoms in total. The molecule has 0 N–H and O–H groups in total. The molecule has 2 aliphatic heterocycles. The maximum Gasteiger partial charge on any atom is 0.241 e. The van der Waals surface area contributed by atoms with Crippen LogP contribution < -0.4 is 4.90 Å². The molecule has 0 saturated carbocycles. The van der Waals surface area contributed by atoms with Crippen LogP contribution in [-0.4, -0.2) is 42.7 Å². The number of fused-ring (bicyclic) bond motifs is 1. The number of thioether (sulfide) groups is 1. The molecule has 1 aromatic rings. The molecule has 0 aromatic heterocycles. The number of anilines is 1. The zero-order valence-corrected chi connectivity index (χ0v) is 12.7. The van der Waals surface area contributed by atoms with Crippen molar-refractivity contribution in [1.29, 1.82) is 0 Å². The van der Waals surface area contributed by atoms with Gasteiger partial charge in [-0.3, -0.25) is 9.69 Å². The third kappa shape index (κ3) is 3.18. The lowest BCUT2D eigenvalue weighted by molar-refractivity contribution is -0.120. The summed E-state index contributed by atoms with van der Waals surface area (Å²) in [5.74, 6) is 1.37. The van der Waals surface area contributed by atoms with E-state index < -0.39 is 0 Å². The van der Waals surface area contributed by atoms with Crippen LogP contribution in [0.4, 0.5) is 5.69 Å². The van der Waals surface area contributed by atoms with Crippen molar-refractivity contribution in [3.8, 4) is 0 Å². The van der Waals surface area contributed by atoms with E-state index in [-0.39, 0.29) is 5.91 Å². The third-order valence-corrected chi connectivity index (χ3v) is 5.20. The van der Waals surface area contributed by atoms with Crippen LogP contribution in [0.5, 0.6) is 0 Å². The summed E-state index contributed by atoms with van der Waals surface area (Å²) in [5, 5.41) is 0. The largest absolute Gasteiger partial charge is 0.310 e. The first kappa shape index (κ1) is 14.0. The Hall–Kier alpha value is -1.00. The minimum atomic E-state index is 0.266. The number of rotatable bonds is 2. The Morgan fingerprint density at radius 3 is 2.70 bits per heavy atom. The molecule has 0 spiro atoms. The van der Waals surface area contributed by atoms with E-state index in [9.17, 15) is 4.79 Å². The number of piperidine rings is 1. The van der Waals surface area contributed by atoms with Crippen molar-refractivity contribution in [2.45, 2.75) is 30.6 Å². The molecule has 0 aliphatic carbocycles. The lowest BCUT2D eigenvalue weighted by Crippen LogP contribution is -2.42. The Morgan fingerprint density at radius 1 is 1.05 bits per heavy atom. The summed E-state index contributed by atoms with van der Waals surface area (Å²) in [5.41, 5.74) is 1.11. The zero-order chi connectivity index (χ0) is 13.8. The Morgan fingerprint density at radius 2 is 1.85 bits per heavy atom. The second-order valence-corrected chi connectivity index (χ2v) is 6.69. The molecule has 20 heavy (non-hydrogen) atoms. The molecule has 2 heterocycles. The highest BCUT2D eigenvalue weighted by Gasteiger charge is 2.23. The van der Waals surface area contributed by atoms with Crippen molar-refractivity contribution in [1.82, 2.24) is 4.90 Å². The van der Waals surface area contributed by atoms with Gasteiger partial charge in [-0.15, -0.1) is 11.8 Å². The molecule has 1 fully saturated rings. The second kappa shape index (κ2) is 6.64. The standard InChI is InChI=1S/C16H22N2OS/c19-16(13-17-9-4-1-5-10-17)18-11-6-12-20-15-8-3-2-7-14(15)18/h2-3,7-8H,1,4-6,9-13H2.